The van der Waals surface area contributed by atoms with Gasteiger partial charge in [0.2, 0.25) is 0 Å². The first kappa shape index (κ1) is 41.6. The topological polar surface area (TPSA) is 72.8 Å². The highest BCUT2D eigenvalue weighted by Gasteiger charge is 2.16. The standard InChI is InChI=1S/C39H66O5/c1-3-5-7-9-10-11-12-13-14-15-16-17-18-19-20-21-22-23-24-25-26-27-28-30-32-34-39(42)44-37(35-40)36-43-38(41)33-31-29-8-6-4-2/h5,7,10-11,13-14,16-17,19-20,37,40H,3-4,6,8-9,12,15,18,21-36H2,1-2H3/b7-5-,11-10-,14-13-,17-16-,20-19-. The second-order valence-electron chi connectivity index (χ2n) is 11.6. The van der Waals surface area contributed by atoms with Crippen LogP contribution in [0.2, 0.25) is 0 Å². The largest absolute Gasteiger partial charge is 0.462 e. The van der Waals surface area contributed by atoms with Crippen LogP contribution in [0.1, 0.15) is 155 Å². The third kappa shape index (κ3) is 32.5. The summed E-state index contributed by atoms with van der Waals surface area (Å²) in [5, 5.41) is 9.45. The van der Waals surface area contributed by atoms with Gasteiger partial charge in [-0.3, -0.25) is 9.59 Å². The molecule has 1 atom stereocenters. The van der Waals surface area contributed by atoms with Gasteiger partial charge in [-0.25, -0.2) is 0 Å². The fourth-order valence-corrected chi connectivity index (χ4v) is 4.64. The second-order valence-corrected chi connectivity index (χ2v) is 11.6. The minimum atomic E-state index is -0.771. The quantitative estimate of drug-likeness (QED) is 0.0478. The Morgan fingerprint density at radius 2 is 0.977 bits per heavy atom. The van der Waals surface area contributed by atoms with E-state index in [9.17, 15) is 14.7 Å². The number of carbonyl (C=O) groups is 2. The number of rotatable bonds is 31. The molecule has 0 aromatic carbocycles. The molecule has 0 spiro atoms. The van der Waals surface area contributed by atoms with Gasteiger partial charge in [0.05, 0.1) is 6.61 Å². The summed E-state index contributed by atoms with van der Waals surface area (Å²) in [5.41, 5.74) is 0. The summed E-state index contributed by atoms with van der Waals surface area (Å²) in [4.78, 5) is 23.9. The van der Waals surface area contributed by atoms with E-state index in [0.717, 1.165) is 70.6 Å². The first-order valence-corrected chi connectivity index (χ1v) is 17.8. The van der Waals surface area contributed by atoms with Gasteiger partial charge in [0.1, 0.15) is 6.61 Å². The number of ether oxygens (including phenoxy) is 2. The fourth-order valence-electron chi connectivity index (χ4n) is 4.64. The molecule has 0 saturated carbocycles. The van der Waals surface area contributed by atoms with Gasteiger partial charge in [0, 0.05) is 12.8 Å². The third-order valence-electron chi connectivity index (χ3n) is 7.33. The van der Waals surface area contributed by atoms with Crippen LogP contribution in [0.15, 0.2) is 60.8 Å². The zero-order valence-corrected chi connectivity index (χ0v) is 28.4. The van der Waals surface area contributed by atoms with Gasteiger partial charge in [-0.1, -0.05) is 145 Å². The van der Waals surface area contributed by atoms with Crippen molar-refractivity contribution in [3.63, 3.8) is 0 Å². The summed E-state index contributed by atoms with van der Waals surface area (Å²) < 4.78 is 10.5. The highest BCUT2D eigenvalue weighted by Crippen LogP contribution is 2.13. The molecule has 0 bridgehead atoms. The van der Waals surface area contributed by atoms with E-state index in [1.54, 1.807) is 0 Å². The van der Waals surface area contributed by atoms with Gasteiger partial charge in [-0.15, -0.1) is 0 Å². The van der Waals surface area contributed by atoms with Gasteiger partial charge in [0.15, 0.2) is 6.10 Å². The normalized spacial score (nSPS) is 12.9. The van der Waals surface area contributed by atoms with E-state index in [4.69, 9.17) is 9.47 Å². The molecule has 0 amide bonds. The van der Waals surface area contributed by atoms with Crippen LogP contribution in [0.4, 0.5) is 0 Å². The molecule has 0 aromatic rings. The van der Waals surface area contributed by atoms with Crippen LogP contribution in [-0.4, -0.2) is 36.4 Å². The van der Waals surface area contributed by atoms with Crippen molar-refractivity contribution in [1.82, 2.24) is 0 Å². The minimum absolute atomic E-state index is 0.0711. The average molecular weight is 615 g/mol. The zero-order chi connectivity index (χ0) is 32.2. The Bertz CT molecular complexity index is 792. The van der Waals surface area contributed by atoms with Crippen LogP contribution >= 0.6 is 0 Å². The predicted molar refractivity (Wildman–Crippen MR) is 187 cm³/mol. The summed E-state index contributed by atoms with van der Waals surface area (Å²) in [7, 11) is 0. The molecule has 0 fully saturated rings. The van der Waals surface area contributed by atoms with Gasteiger partial charge in [0.25, 0.3) is 0 Å². The minimum Gasteiger partial charge on any atom is -0.462 e. The molecule has 0 aromatic heterocycles. The lowest BCUT2D eigenvalue weighted by Crippen LogP contribution is -2.28. The number of esters is 2. The van der Waals surface area contributed by atoms with Gasteiger partial charge in [-0.05, 0) is 57.8 Å². The Labute approximate surface area is 271 Å². The maximum Gasteiger partial charge on any atom is 0.306 e. The zero-order valence-electron chi connectivity index (χ0n) is 28.4. The molecular formula is C39H66O5. The highest BCUT2D eigenvalue weighted by molar-refractivity contribution is 5.70. The first-order chi connectivity index (χ1) is 21.6. The number of allylic oxidation sites excluding steroid dienone is 10. The van der Waals surface area contributed by atoms with E-state index in [-0.39, 0.29) is 25.2 Å². The lowest BCUT2D eigenvalue weighted by atomic mass is 10.1. The Morgan fingerprint density at radius 1 is 0.545 bits per heavy atom. The molecule has 0 aliphatic carbocycles. The number of aliphatic hydroxyl groups is 1. The monoisotopic (exact) mass is 614 g/mol. The van der Waals surface area contributed by atoms with Crippen molar-refractivity contribution in [1.29, 1.82) is 0 Å². The maximum absolute atomic E-state index is 12.1. The van der Waals surface area contributed by atoms with Gasteiger partial charge in [-0.2, -0.15) is 0 Å². The molecule has 0 radical (unpaired) electrons. The molecule has 5 nitrogen and oxygen atoms in total. The Hall–Kier alpha value is -2.40. The lowest BCUT2D eigenvalue weighted by molar-refractivity contribution is -0.161. The molecule has 5 heteroatoms. The molecular weight excluding hydrogens is 548 g/mol. The van der Waals surface area contributed by atoms with E-state index in [0.29, 0.717) is 12.8 Å². The van der Waals surface area contributed by atoms with Crippen molar-refractivity contribution in [2.24, 2.45) is 0 Å². The van der Waals surface area contributed by atoms with Crippen molar-refractivity contribution in [2.45, 2.75) is 161 Å². The number of hydrogen-bond acceptors (Lipinski definition) is 5. The lowest BCUT2D eigenvalue weighted by Gasteiger charge is -2.15. The summed E-state index contributed by atoms with van der Waals surface area (Å²) in [6.07, 6.45) is 44.6. The summed E-state index contributed by atoms with van der Waals surface area (Å²) in [6.45, 7) is 3.91. The Morgan fingerprint density at radius 3 is 1.48 bits per heavy atom. The Kier molecular flexibility index (Phi) is 33.2. The number of aliphatic hydroxyl groups excluding tert-OH is 1. The molecule has 252 valence electrons. The summed E-state index contributed by atoms with van der Waals surface area (Å²) >= 11 is 0. The van der Waals surface area contributed by atoms with Crippen molar-refractivity contribution in [2.75, 3.05) is 13.2 Å². The van der Waals surface area contributed by atoms with Crippen LogP contribution in [0.25, 0.3) is 0 Å². The molecule has 44 heavy (non-hydrogen) atoms. The van der Waals surface area contributed by atoms with Crippen LogP contribution < -0.4 is 0 Å². The van der Waals surface area contributed by atoms with E-state index in [2.05, 4.69) is 74.6 Å². The first-order valence-electron chi connectivity index (χ1n) is 17.8. The number of carbonyl (C=O) groups excluding carboxylic acids is 2. The summed E-state index contributed by atoms with van der Waals surface area (Å²) in [5.74, 6) is -0.617. The SMILES string of the molecule is CC/C=C\C/C=C\C/C=C\C/C=C\C/C=C\CCCCCCCCCCCC(=O)OC(CO)COC(=O)CCCCCCC. The van der Waals surface area contributed by atoms with Gasteiger partial charge >= 0.3 is 11.9 Å². The van der Waals surface area contributed by atoms with Crippen molar-refractivity contribution >= 4 is 11.9 Å². The fraction of sp³-hybridized carbons (Fsp3) is 0.692. The summed E-state index contributed by atoms with van der Waals surface area (Å²) in [6, 6.07) is 0. The Balaban J connectivity index is 3.54. The molecule has 0 saturated heterocycles. The van der Waals surface area contributed by atoms with Crippen molar-refractivity contribution < 1.29 is 24.2 Å². The van der Waals surface area contributed by atoms with E-state index >= 15 is 0 Å². The van der Waals surface area contributed by atoms with Crippen LogP contribution in [0.5, 0.6) is 0 Å². The van der Waals surface area contributed by atoms with Crippen LogP contribution in [0.3, 0.4) is 0 Å². The van der Waals surface area contributed by atoms with Crippen molar-refractivity contribution in [3.8, 4) is 0 Å². The molecule has 0 aliphatic heterocycles. The van der Waals surface area contributed by atoms with Crippen LogP contribution in [0, 0.1) is 0 Å². The third-order valence-corrected chi connectivity index (χ3v) is 7.33. The van der Waals surface area contributed by atoms with Crippen LogP contribution in [-0.2, 0) is 19.1 Å². The number of unbranched alkanes of at least 4 members (excludes halogenated alkanes) is 13. The van der Waals surface area contributed by atoms with E-state index in [1.807, 2.05) is 0 Å². The molecule has 0 rings (SSSR count). The van der Waals surface area contributed by atoms with E-state index in [1.165, 1.54) is 57.8 Å². The van der Waals surface area contributed by atoms with E-state index < -0.39 is 6.10 Å². The number of hydrogen-bond donors (Lipinski definition) is 1. The smallest absolute Gasteiger partial charge is 0.306 e. The molecule has 1 N–H and O–H groups in total. The molecule has 0 aliphatic rings. The highest BCUT2D eigenvalue weighted by atomic mass is 16.6. The van der Waals surface area contributed by atoms with Gasteiger partial charge < -0.3 is 14.6 Å². The second kappa shape index (κ2) is 35.1. The van der Waals surface area contributed by atoms with Crippen molar-refractivity contribution in [3.05, 3.63) is 60.8 Å². The molecule has 0 heterocycles. The predicted octanol–water partition coefficient (Wildman–Crippen LogP) is 10.8. The average Bonchev–Trinajstić information content (AvgIpc) is 3.02. The maximum atomic E-state index is 12.1. The molecule has 1 unspecified atom stereocenters.